The number of rotatable bonds is 6. The second-order valence-electron chi connectivity index (χ2n) is 8.36. The summed E-state index contributed by atoms with van der Waals surface area (Å²) in [6.45, 7) is 0.00236. The number of alkyl halides is 3. The fourth-order valence-corrected chi connectivity index (χ4v) is 4.14. The SMILES string of the molecule is COC(=O)[C@H]1CCN1C(=O)N(c1ccc(C2CC2)cc1F)C(C(=O)O)c1cnccc1C(F)(F)F. The average Bonchev–Trinajstić information content (AvgIpc) is 3.61. The monoisotopic (exact) mass is 495 g/mol. The highest BCUT2D eigenvalue weighted by Crippen LogP contribution is 2.43. The van der Waals surface area contributed by atoms with Crippen molar-refractivity contribution in [1.82, 2.24) is 9.88 Å². The lowest BCUT2D eigenvalue weighted by atomic mass is 9.98. The van der Waals surface area contributed by atoms with Gasteiger partial charge in [-0.05, 0) is 48.9 Å². The molecule has 0 bridgehead atoms. The molecule has 8 nitrogen and oxygen atoms in total. The largest absolute Gasteiger partial charge is 0.479 e. The Bertz CT molecular complexity index is 1170. The number of hydrogen-bond acceptors (Lipinski definition) is 5. The summed E-state index contributed by atoms with van der Waals surface area (Å²) >= 11 is 0. The number of esters is 1. The van der Waals surface area contributed by atoms with E-state index in [0.717, 1.165) is 37.1 Å². The van der Waals surface area contributed by atoms with Gasteiger partial charge in [0, 0.05) is 24.5 Å². The number of likely N-dealkylation sites (tertiary alicyclic amines) is 1. The Balaban J connectivity index is 1.86. The van der Waals surface area contributed by atoms with Crippen molar-refractivity contribution in [3.8, 4) is 0 Å². The Morgan fingerprint density at radius 3 is 2.43 bits per heavy atom. The zero-order valence-corrected chi connectivity index (χ0v) is 18.5. The molecule has 2 heterocycles. The number of methoxy groups -OCH3 is 1. The van der Waals surface area contributed by atoms with E-state index < -0.39 is 58.9 Å². The van der Waals surface area contributed by atoms with Crippen LogP contribution in [0.2, 0.25) is 0 Å². The van der Waals surface area contributed by atoms with Crippen LogP contribution in [0, 0.1) is 5.82 Å². The van der Waals surface area contributed by atoms with Crippen LogP contribution in [0.15, 0.2) is 36.7 Å². The topological polar surface area (TPSA) is 100 Å². The van der Waals surface area contributed by atoms with Crippen LogP contribution < -0.4 is 4.90 Å². The molecule has 0 spiro atoms. The molecule has 1 aromatic heterocycles. The summed E-state index contributed by atoms with van der Waals surface area (Å²) in [6, 6.07) is -0.0869. The molecular weight excluding hydrogens is 474 g/mol. The smallest absolute Gasteiger partial charge is 0.416 e. The Morgan fingerprint density at radius 2 is 1.91 bits per heavy atom. The van der Waals surface area contributed by atoms with Crippen molar-refractivity contribution in [3.63, 3.8) is 0 Å². The molecule has 2 aromatic rings. The predicted molar refractivity (Wildman–Crippen MR) is 113 cm³/mol. The molecule has 1 unspecified atom stereocenters. The molecule has 1 aliphatic heterocycles. The van der Waals surface area contributed by atoms with Crippen LogP contribution in [0.3, 0.4) is 0 Å². The minimum atomic E-state index is -4.97. The van der Waals surface area contributed by atoms with Gasteiger partial charge in [0.2, 0.25) is 0 Å². The summed E-state index contributed by atoms with van der Waals surface area (Å²) < 4.78 is 61.2. The van der Waals surface area contributed by atoms with E-state index in [1.54, 1.807) is 0 Å². The fraction of sp³-hybridized carbons (Fsp3) is 0.391. The molecule has 2 aliphatic rings. The first-order valence-electron chi connectivity index (χ1n) is 10.8. The van der Waals surface area contributed by atoms with Crippen molar-refractivity contribution in [2.45, 2.75) is 43.4 Å². The number of anilines is 1. The van der Waals surface area contributed by atoms with Crippen LogP contribution in [0.5, 0.6) is 0 Å². The first kappa shape index (κ1) is 24.4. The van der Waals surface area contributed by atoms with Gasteiger partial charge in [-0.15, -0.1) is 0 Å². The van der Waals surface area contributed by atoms with Gasteiger partial charge in [-0.1, -0.05) is 6.07 Å². The standard InChI is InChI=1S/C23H21F4N3O5/c1-35-21(33)18-7-9-29(18)22(34)30(17-5-4-13(10-16(17)24)12-2-3-12)19(20(31)32)14-11-28-8-6-15(14)23(25,26)27/h4-6,8,10-12,18-19H,2-3,7,9H2,1H3,(H,31,32)/t18-,19?/m1/s1. The number of carboxylic acid groups (broad SMARTS) is 1. The Morgan fingerprint density at radius 1 is 1.20 bits per heavy atom. The van der Waals surface area contributed by atoms with Crippen molar-refractivity contribution in [1.29, 1.82) is 0 Å². The molecule has 1 saturated carbocycles. The zero-order chi connectivity index (χ0) is 25.5. The second-order valence-corrected chi connectivity index (χ2v) is 8.36. The van der Waals surface area contributed by atoms with Gasteiger partial charge in [0.05, 0.1) is 18.4 Å². The third-order valence-electron chi connectivity index (χ3n) is 6.17. The van der Waals surface area contributed by atoms with Gasteiger partial charge >= 0.3 is 24.1 Å². The number of ether oxygens (including phenoxy) is 1. The highest BCUT2D eigenvalue weighted by atomic mass is 19.4. The first-order valence-corrected chi connectivity index (χ1v) is 10.8. The molecule has 1 aliphatic carbocycles. The maximum atomic E-state index is 15.3. The molecule has 2 fully saturated rings. The number of halogens is 4. The van der Waals surface area contributed by atoms with Crippen molar-refractivity contribution in [2.24, 2.45) is 0 Å². The molecular formula is C23H21F4N3O5. The molecule has 4 rings (SSSR count). The van der Waals surface area contributed by atoms with Crippen LogP contribution in [-0.2, 0) is 20.5 Å². The van der Waals surface area contributed by atoms with Gasteiger partial charge in [0.15, 0.2) is 6.04 Å². The van der Waals surface area contributed by atoms with Gasteiger partial charge < -0.3 is 14.7 Å². The molecule has 186 valence electrons. The van der Waals surface area contributed by atoms with E-state index in [2.05, 4.69) is 9.72 Å². The number of benzene rings is 1. The highest BCUT2D eigenvalue weighted by Gasteiger charge is 2.47. The minimum absolute atomic E-state index is 0.00236. The molecule has 2 amide bonds. The quantitative estimate of drug-likeness (QED) is 0.478. The second kappa shape index (κ2) is 9.16. The third-order valence-corrected chi connectivity index (χ3v) is 6.17. The van der Waals surface area contributed by atoms with Crippen molar-refractivity contribution in [2.75, 3.05) is 18.6 Å². The summed E-state index contributed by atoms with van der Waals surface area (Å²) in [5, 5.41) is 10.0. The normalized spacial score (nSPS) is 18.4. The van der Waals surface area contributed by atoms with Crippen LogP contribution in [0.1, 0.15) is 47.9 Å². The Hall–Kier alpha value is -3.70. The third kappa shape index (κ3) is 4.64. The summed E-state index contributed by atoms with van der Waals surface area (Å²) in [6.07, 6.45) is -1.55. The van der Waals surface area contributed by atoms with E-state index in [4.69, 9.17) is 0 Å². The van der Waals surface area contributed by atoms with E-state index in [0.29, 0.717) is 22.7 Å². The fourth-order valence-electron chi connectivity index (χ4n) is 4.14. The van der Waals surface area contributed by atoms with Gasteiger partial charge in [-0.3, -0.25) is 9.88 Å². The van der Waals surface area contributed by atoms with Gasteiger partial charge in [0.25, 0.3) is 0 Å². The number of carboxylic acids is 1. The number of aliphatic carboxylic acids is 1. The number of aromatic nitrogens is 1. The molecule has 2 atom stereocenters. The van der Waals surface area contributed by atoms with E-state index in [1.165, 1.54) is 12.1 Å². The molecule has 0 radical (unpaired) electrons. The summed E-state index contributed by atoms with van der Waals surface area (Å²) in [7, 11) is 1.10. The van der Waals surface area contributed by atoms with Crippen LogP contribution in [0.4, 0.5) is 28.0 Å². The highest BCUT2D eigenvalue weighted by molar-refractivity contribution is 6.01. The zero-order valence-electron chi connectivity index (χ0n) is 18.5. The van der Waals surface area contributed by atoms with E-state index in [-0.39, 0.29) is 18.9 Å². The maximum absolute atomic E-state index is 15.3. The van der Waals surface area contributed by atoms with Crippen LogP contribution in [0.25, 0.3) is 0 Å². The Labute approximate surface area is 197 Å². The van der Waals surface area contributed by atoms with Crippen molar-refractivity contribution < 1.29 is 41.8 Å². The van der Waals surface area contributed by atoms with Gasteiger partial charge in [-0.2, -0.15) is 13.2 Å². The molecule has 1 N–H and O–H groups in total. The van der Waals surface area contributed by atoms with Crippen molar-refractivity contribution >= 4 is 23.7 Å². The number of pyridine rings is 1. The predicted octanol–water partition coefficient (Wildman–Crippen LogP) is 4.12. The van der Waals surface area contributed by atoms with Gasteiger partial charge in [-0.25, -0.2) is 18.8 Å². The summed E-state index contributed by atoms with van der Waals surface area (Å²) in [5.74, 6) is -3.45. The van der Waals surface area contributed by atoms with Gasteiger partial charge in [0.1, 0.15) is 11.9 Å². The molecule has 12 heteroatoms. The molecule has 35 heavy (non-hydrogen) atoms. The number of nitrogens with zero attached hydrogens (tertiary/aromatic N) is 3. The molecule has 1 aromatic carbocycles. The lowest BCUT2D eigenvalue weighted by Gasteiger charge is -2.43. The average molecular weight is 495 g/mol. The first-order chi connectivity index (χ1) is 16.5. The summed E-state index contributed by atoms with van der Waals surface area (Å²) in [5.41, 5.74) is -2.07. The van der Waals surface area contributed by atoms with E-state index >= 15 is 4.39 Å². The lowest BCUT2D eigenvalue weighted by molar-refractivity contribution is -0.149. The number of amides is 2. The summed E-state index contributed by atoms with van der Waals surface area (Å²) in [4.78, 5) is 42.9. The molecule has 1 saturated heterocycles. The number of carbonyl (C=O) groups excluding carboxylic acids is 2. The Kier molecular flexibility index (Phi) is 6.39. The van der Waals surface area contributed by atoms with Crippen LogP contribution >= 0.6 is 0 Å². The maximum Gasteiger partial charge on any atom is 0.416 e. The van der Waals surface area contributed by atoms with E-state index in [1.807, 2.05) is 0 Å². The lowest BCUT2D eigenvalue weighted by Crippen LogP contribution is -2.60. The minimum Gasteiger partial charge on any atom is -0.479 e. The number of carbonyl (C=O) groups is 3. The number of urea groups is 1. The van der Waals surface area contributed by atoms with E-state index in [9.17, 15) is 32.7 Å². The van der Waals surface area contributed by atoms with Crippen molar-refractivity contribution in [3.05, 3.63) is 59.2 Å². The number of hydrogen-bond donors (Lipinski definition) is 1. The van der Waals surface area contributed by atoms with Crippen LogP contribution in [-0.4, -0.2) is 52.7 Å².